The van der Waals surface area contributed by atoms with Crippen molar-refractivity contribution in [3.63, 3.8) is 0 Å². The van der Waals surface area contributed by atoms with E-state index >= 15 is 0 Å². The number of nitrogens with zero attached hydrogens (tertiary/aromatic N) is 3. The van der Waals surface area contributed by atoms with Gasteiger partial charge in [0.1, 0.15) is 5.82 Å². The van der Waals surface area contributed by atoms with Gasteiger partial charge in [-0.25, -0.2) is 8.78 Å². The lowest BCUT2D eigenvalue weighted by Gasteiger charge is -2.33. The number of halogens is 2. The lowest BCUT2D eigenvalue weighted by atomic mass is 10.2. The summed E-state index contributed by atoms with van der Waals surface area (Å²) in [6.07, 6.45) is 1.82. The Morgan fingerprint density at radius 3 is 2.50 bits per heavy atom. The number of rotatable bonds is 4. The Bertz CT molecular complexity index is 1010. The number of amides is 1. The molecule has 3 aromatic rings. The summed E-state index contributed by atoms with van der Waals surface area (Å²) < 4.78 is 28.4. The minimum atomic E-state index is -0.919. The van der Waals surface area contributed by atoms with Gasteiger partial charge in [-0.15, -0.1) is 0 Å². The molecule has 1 N–H and O–H groups in total. The molecule has 1 amide bonds. The largest absolute Gasteiger partial charge is 0.355 e. The number of anilines is 1. The van der Waals surface area contributed by atoms with Gasteiger partial charge in [-0.05, 0) is 49.0 Å². The number of aromatic nitrogens is 1. The number of nitrogens with one attached hydrogen (secondary N) is 1. The molecule has 0 unspecified atom stereocenters. The molecule has 1 saturated heterocycles. The summed E-state index contributed by atoms with van der Waals surface area (Å²) in [6, 6.07) is 11.4. The summed E-state index contributed by atoms with van der Waals surface area (Å²) >= 11 is 0. The Kier molecular flexibility index (Phi) is 5.00. The van der Waals surface area contributed by atoms with Gasteiger partial charge in [-0.2, -0.15) is 0 Å². The zero-order valence-electron chi connectivity index (χ0n) is 15.7. The molecule has 2 aromatic heterocycles. The van der Waals surface area contributed by atoms with Gasteiger partial charge in [0, 0.05) is 44.4 Å². The third-order valence-electron chi connectivity index (χ3n) is 5.16. The molecule has 0 saturated carbocycles. The molecular formula is C21H22F2N4O. The van der Waals surface area contributed by atoms with Crippen LogP contribution >= 0.6 is 0 Å². The van der Waals surface area contributed by atoms with E-state index in [9.17, 15) is 13.6 Å². The highest BCUT2D eigenvalue weighted by Gasteiger charge is 2.17. The second kappa shape index (κ2) is 7.59. The SMILES string of the molecule is CN1CCN(c2ccc3ccc(C(=O)NCc4ccc(F)c(F)c4)cn23)CC1. The molecule has 146 valence electrons. The van der Waals surface area contributed by atoms with Gasteiger partial charge in [0.05, 0.1) is 5.56 Å². The molecule has 0 atom stereocenters. The molecule has 1 aromatic carbocycles. The van der Waals surface area contributed by atoms with E-state index in [1.165, 1.54) is 6.07 Å². The first kappa shape index (κ1) is 18.4. The van der Waals surface area contributed by atoms with Crippen LogP contribution in [-0.2, 0) is 6.54 Å². The van der Waals surface area contributed by atoms with Gasteiger partial charge in [0.25, 0.3) is 5.91 Å². The highest BCUT2D eigenvalue weighted by molar-refractivity contribution is 5.94. The number of fused-ring (bicyclic) bond motifs is 1. The van der Waals surface area contributed by atoms with Crippen molar-refractivity contribution in [1.82, 2.24) is 14.6 Å². The number of hydrogen-bond donors (Lipinski definition) is 1. The molecule has 4 rings (SSSR count). The second-order valence-corrected chi connectivity index (χ2v) is 7.13. The summed E-state index contributed by atoms with van der Waals surface area (Å²) in [5.41, 5.74) is 2.04. The van der Waals surface area contributed by atoms with Crippen LogP contribution in [0.4, 0.5) is 14.6 Å². The fourth-order valence-electron chi connectivity index (χ4n) is 3.45. The first-order valence-corrected chi connectivity index (χ1v) is 9.28. The Balaban J connectivity index is 1.51. The van der Waals surface area contributed by atoms with Crippen molar-refractivity contribution in [3.05, 3.63) is 71.4 Å². The quantitative estimate of drug-likeness (QED) is 0.752. The first-order valence-electron chi connectivity index (χ1n) is 9.28. The smallest absolute Gasteiger partial charge is 0.253 e. The molecule has 0 bridgehead atoms. The number of piperazine rings is 1. The van der Waals surface area contributed by atoms with Crippen molar-refractivity contribution in [2.75, 3.05) is 38.1 Å². The molecule has 1 aliphatic rings. The summed E-state index contributed by atoms with van der Waals surface area (Å²) in [6.45, 7) is 4.01. The highest BCUT2D eigenvalue weighted by Crippen LogP contribution is 2.21. The zero-order chi connectivity index (χ0) is 19.7. The predicted octanol–water partition coefficient (Wildman–Crippen LogP) is 2.90. The minimum Gasteiger partial charge on any atom is -0.355 e. The van der Waals surface area contributed by atoms with E-state index in [0.29, 0.717) is 11.1 Å². The molecule has 1 fully saturated rings. The minimum absolute atomic E-state index is 0.130. The Labute approximate surface area is 162 Å². The van der Waals surface area contributed by atoms with E-state index < -0.39 is 11.6 Å². The molecule has 1 aliphatic heterocycles. The second-order valence-electron chi connectivity index (χ2n) is 7.13. The van der Waals surface area contributed by atoms with Crippen molar-refractivity contribution < 1.29 is 13.6 Å². The summed E-state index contributed by atoms with van der Waals surface area (Å²) in [5, 5.41) is 2.76. The van der Waals surface area contributed by atoms with E-state index in [0.717, 1.165) is 49.6 Å². The fraction of sp³-hybridized carbons (Fsp3) is 0.286. The van der Waals surface area contributed by atoms with E-state index in [1.54, 1.807) is 6.07 Å². The monoisotopic (exact) mass is 384 g/mol. The molecule has 5 nitrogen and oxygen atoms in total. The van der Waals surface area contributed by atoms with Crippen LogP contribution in [0.3, 0.4) is 0 Å². The molecule has 0 radical (unpaired) electrons. The maximum absolute atomic E-state index is 13.3. The van der Waals surface area contributed by atoms with Crippen LogP contribution in [-0.4, -0.2) is 48.4 Å². The van der Waals surface area contributed by atoms with E-state index in [-0.39, 0.29) is 12.5 Å². The average molecular weight is 384 g/mol. The van der Waals surface area contributed by atoms with Gasteiger partial charge in [-0.1, -0.05) is 6.07 Å². The van der Waals surface area contributed by atoms with Crippen molar-refractivity contribution in [1.29, 1.82) is 0 Å². The Morgan fingerprint density at radius 2 is 1.75 bits per heavy atom. The van der Waals surface area contributed by atoms with Crippen molar-refractivity contribution in [2.24, 2.45) is 0 Å². The van der Waals surface area contributed by atoms with Gasteiger partial charge < -0.3 is 19.5 Å². The molecule has 28 heavy (non-hydrogen) atoms. The zero-order valence-corrected chi connectivity index (χ0v) is 15.7. The van der Waals surface area contributed by atoms with Gasteiger partial charge >= 0.3 is 0 Å². The number of pyridine rings is 1. The van der Waals surface area contributed by atoms with Crippen LogP contribution in [0, 0.1) is 11.6 Å². The standard InChI is InChI=1S/C21H22F2N4O/c1-25-8-10-26(11-9-25)20-7-5-17-4-3-16(14-27(17)20)21(28)24-13-15-2-6-18(22)19(23)12-15/h2-7,12,14H,8-11,13H2,1H3,(H,24,28). The average Bonchev–Trinajstić information content (AvgIpc) is 3.12. The molecular weight excluding hydrogens is 362 g/mol. The molecule has 3 heterocycles. The van der Waals surface area contributed by atoms with Crippen LogP contribution in [0.5, 0.6) is 0 Å². The maximum Gasteiger partial charge on any atom is 0.253 e. The Hall–Kier alpha value is -2.93. The lowest BCUT2D eigenvalue weighted by Crippen LogP contribution is -2.44. The van der Waals surface area contributed by atoms with E-state index in [4.69, 9.17) is 0 Å². The van der Waals surface area contributed by atoms with E-state index in [1.807, 2.05) is 22.7 Å². The third kappa shape index (κ3) is 3.71. The van der Waals surface area contributed by atoms with Crippen LogP contribution in [0.1, 0.15) is 15.9 Å². The van der Waals surface area contributed by atoms with Gasteiger partial charge in [-0.3, -0.25) is 4.79 Å². The topological polar surface area (TPSA) is 40.0 Å². The normalized spacial score (nSPS) is 15.2. The lowest BCUT2D eigenvalue weighted by molar-refractivity contribution is 0.0950. The van der Waals surface area contributed by atoms with E-state index in [2.05, 4.69) is 28.2 Å². The maximum atomic E-state index is 13.3. The van der Waals surface area contributed by atoms with Crippen LogP contribution in [0.15, 0.2) is 48.7 Å². The number of carbonyl (C=O) groups excluding carboxylic acids is 1. The number of carbonyl (C=O) groups is 1. The van der Waals surface area contributed by atoms with Crippen LogP contribution in [0.25, 0.3) is 5.52 Å². The summed E-state index contributed by atoms with van der Waals surface area (Å²) in [7, 11) is 2.11. The van der Waals surface area contributed by atoms with Crippen molar-refractivity contribution >= 4 is 17.2 Å². The Morgan fingerprint density at radius 1 is 1.00 bits per heavy atom. The number of benzene rings is 1. The van der Waals surface area contributed by atoms with Crippen LogP contribution in [0.2, 0.25) is 0 Å². The molecule has 0 spiro atoms. The summed E-state index contributed by atoms with van der Waals surface area (Å²) in [5.74, 6) is -1.01. The van der Waals surface area contributed by atoms with Crippen molar-refractivity contribution in [3.8, 4) is 0 Å². The first-order chi connectivity index (χ1) is 13.5. The van der Waals surface area contributed by atoms with Gasteiger partial charge in [0.15, 0.2) is 11.6 Å². The number of likely N-dealkylation sites (N-methyl/N-ethyl adjacent to an activating group) is 1. The molecule has 0 aliphatic carbocycles. The molecule has 7 heteroatoms. The predicted molar refractivity (Wildman–Crippen MR) is 105 cm³/mol. The fourth-order valence-corrected chi connectivity index (χ4v) is 3.45. The van der Waals surface area contributed by atoms with Crippen LogP contribution < -0.4 is 10.2 Å². The highest BCUT2D eigenvalue weighted by atomic mass is 19.2. The summed E-state index contributed by atoms with van der Waals surface area (Å²) in [4.78, 5) is 17.2. The van der Waals surface area contributed by atoms with Crippen molar-refractivity contribution in [2.45, 2.75) is 6.54 Å². The van der Waals surface area contributed by atoms with Gasteiger partial charge in [0.2, 0.25) is 0 Å². The number of hydrogen-bond acceptors (Lipinski definition) is 3. The third-order valence-corrected chi connectivity index (χ3v) is 5.16.